The first-order valence-corrected chi connectivity index (χ1v) is 10.4. The zero-order valence-corrected chi connectivity index (χ0v) is 17.9. The number of hydrogen-bond acceptors (Lipinski definition) is 7. The van der Waals surface area contributed by atoms with Gasteiger partial charge in [0.15, 0.2) is 28.8 Å². The number of imidazole rings is 1. The maximum absolute atomic E-state index is 13.8. The quantitative estimate of drug-likeness (QED) is 0.440. The molecular formula is C18H15ClF3N3O5S. The van der Waals surface area contributed by atoms with E-state index in [-0.39, 0.29) is 27.7 Å². The van der Waals surface area contributed by atoms with Crippen LogP contribution in [0.3, 0.4) is 0 Å². The van der Waals surface area contributed by atoms with Crippen LogP contribution >= 0.6 is 11.6 Å². The van der Waals surface area contributed by atoms with Crippen molar-refractivity contribution in [1.29, 1.82) is 0 Å². The van der Waals surface area contributed by atoms with E-state index in [1.54, 1.807) is 13.1 Å². The molecule has 3 aromatic rings. The molecule has 3 heterocycles. The molecule has 0 radical (unpaired) electrons. The number of nitrogens with one attached hydrogen (secondary N) is 1. The number of aromatic nitrogens is 3. The van der Waals surface area contributed by atoms with Gasteiger partial charge in [0.05, 0.1) is 25.3 Å². The van der Waals surface area contributed by atoms with Gasteiger partial charge in [0, 0.05) is 35.1 Å². The van der Waals surface area contributed by atoms with Gasteiger partial charge in [0.1, 0.15) is 5.69 Å². The summed E-state index contributed by atoms with van der Waals surface area (Å²) in [7, 11) is 2.92. The fourth-order valence-corrected chi connectivity index (χ4v) is 4.15. The van der Waals surface area contributed by atoms with E-state index < -0.39 is 28.3 Å². The number of fused-ring (bicyclic) bond motifs is 2. The molecule has 0 spiro atoms. The van der Waals surface area contributed by atoms with E-state index in [4.69, 9.17) is 21.1 Å². The van der Waals surface area contributed by atoms with Crippen molar-refractivity contribution in [3.05, 3.63) is 29.6 Å². The second kappa shape index (κ2) is 7.53. The summed E-state index contributed by atoms with van der Waals surface area (Å²) in [6.45, 7) is 1.79. The maximum atomic E-state index is 13.8. The lowest BCUT2D eigenvalue weighted by Crippen LogP contribution is -2.51. The Balaban J connectivity index is 1.66. The standard InChI is InChI=1S/C18H15ClF3N3O5S/c1-8-6-23-11(15(28-3)14(8)27-2)7-31(26)16-24-9-4-12-13(5-10(9)25-16)30-18(21,22)17(19,20)29-12/h4-6H,7H2,1-3H3,(H,24,25). The third-order valence-corrected chi connectivity index (χ3v) is 5.93. The van der Waals surface area contributed by atoms with Crippen LogP contribution in [0.5, 0.6) is 23.0 Å². The highest BCUT2D eigenvalue weighted by Gasteiger charge is 2.63. The van der Waals surface area contributed by atoms with Crippen LogP contribution in [0.25, 0.3) is 11.0 Å². The highest BCUT2D eigenvalue weighted by Crippen LogP contribution is 2.49. The largest absolute Gasteiger partial charge is 0.609 e. The Kier molecular flexibility index (Phi) is 5.26. The predicted octanol–water partition coefficient (Wildman–Crippen LogP) is 3.82. The Morgan fingerprint density at radius 1 is 1.16 bits per heavy atom. The Hall–Kier alpha value is -2.57. The number of nitrogens with zero attached hydrogens (tertiary/aromatic N) is 2. The van der Waals surface area contributed by atoms with E-state index in [0.29, 0.717) is 17.2 Å². The topological polar surface area (TPSA) is 102 Å². The molecule has 0 aliphatic carbocycles. The van der Waals surface area contributed by atoms with Gasteiger partial charge in [-0.15, -0.1) is 0 Å². The fraction of sp³-hybridized carbons (Fsp3) is 0.333. The molecule has 1 aliphatic heterocycles. The van der Waals surface area contributed by atoms with Crippen LogP contribution in [0.2, 0.25) is 0 Å². The first-order valence-electron chi connectivity index (χ1n) is 8.68. The Labute approximate surface area is 181 Å². The third kappa shape index (κ3) is 3.68. The number of rotatable bonds is 5. The van der Waals surface area contributed by atoms with Crippen molar-refractivity contribution in [2.45, 2.75) is 29.3 Å². The maximum Gasteiger partial charge on any atom is 0.488 e. The molecule has 0 bridgehead atoms. The highest BCUT2D eigenvalue weighted by molar-refractivity contribution is 7.90. The van der Waals surface area contributed by atoms with E-state index in [0.717, 1.165) is 17.7 Å². The van der Waals surface area contributed by atoms with Gasteiger partial charge < -0.3 is 23.5 Å². The van der Waals surface area contributed by atoms with E-state index in [9.17, 15) is 17.7 Å². The van der Waals surface area contributed by atoms with E-state index >= 15 is 0 Å². The molecule has 166 valence electrons. The van der Waals surface area contributed by atoms with E-state index in [2.05, 4.69) is 24.4 Å². The Morgan fingerprint density at radius 3 is 2.52 bits per heavy atom. The van der Waals surface area contributed by atoms with Crippen molar-refractivity contribution in [1.82, 2.24) is 15.0 Å². The Bertz CT molecular complexity index is 1110. The Morgan fingerprint density at radius 2 is 1.84 bits per heavy atom. The molecule has 13 heteroatoms. The van der Waals surface area contributed by atoms with Crippen molar-refractivity contribution < 1.29 is 36.7 Å². The lowest BCUT2D eigenvalue weighted by atomic mass is 10.2. The summed E-state index contributed by atoms with van der Waals surface area (Å²) in [4.78, 5) is 11.2. The summed E-state index contributed by atoms with van der Waals surface area (Å²) in [6, 6.07) is 2.29. The SMILES string of the molecule is COc1c(C)cnc(C[S+]([O-])c2nc3cc4c(cc3[nH]2)OC(F)(F)C(F)(Cl)O4)c1OC. The van der Waals surface area contributed by atoms with Crippen molar-refractivity contribution in [2.24, 2.45) is 0 Å². The van der Waals surface area contributed by atoms with Crippen LogP contribution in [0.4, 0.5) is 13.2 Å². The smallest absolute Gasteiger partial charge is 0.488 e. The second-order valence-electron chi connectivity index (χ2n) is 6.54. The van der Waals surface area contributed by atoms with Gasteiger partial charge in [-0.05, 0) is 18.5 Å². The minimum Gasteiger partial charge on any atom is -0.609 e. The molecular weight excluding hydrogens is 463 g/mol. The zero-order chi connectivity index (χ0) is 22.6. The summed E-state index contributed by atoms with van der Waals surface area (Å²) in [6.07, 6.45) is -2.85. The van der Waals surface area contributed by atoms with Crippen LogP contribution in [0, 0.1) is 6.92 Å². The molecule has 2 atom stereocenters. The van der Waals surface area contributed by atoms with Gasteiger partial charge in [-0.25, -0.2) is 0 Å². The number of aryl methyl sites for hydroxylation is 1. The second-order valence-corrected chi connectivity index (χ2v) is 8.39. The van der Waals surface area contributed by atoms with E-state index in [1.165, 1.54) is 14.2 Å². The molecule has 31 heavy (non-hydrogen) atoms. The van der Waals surface area contributed by atoms with Crippen LogP contribution < -0.4 is 18.9 Å². The van der Waals surface area contributed by atoms with Gasteiger partial charge in [0.25, 0.3) is 0 Å². The summed E-state index contributed by atoms with van der Waals surface area (Å²) < 4.78 is 73.5. The van der Waals surface area contributed by atoms with Crippen molar-refractivity contribution in [2.75, 3.05) is 14.2 Å². The van der Waals surface area contributed by atoms with Crippen molar-refractivity contribution >= 4 is 33.8 Å². The minimum absolute atomic E-state index is 0.0323. The van der Waals surface area contributed by atoms with Crippen LogP contribution in [-0.2, 0) is 16.9 Å². The molecule has 8 nitrogen and oxygen atoms in total. The number of hydrogen-bond donors (Lipinski definition) is 1. The van der Waals surface area contributed by atoms with Crippen LogP contribution in [0.15, 0.2) is 23.5 Å². The van der Waals surface area contributed by atoms with Gasteiger partial charge in [-0.3, -0.25) is 9.97 Å². The monoisotopic (exact) mass is 477 g/mol. The minimum atomic E-state index is -4.41. The number of halogens is 4. The predicted molar refractivity (Wildman–Crippen MR) is 104 cm³/mol. The average Bonchev–Trinajstić information content (AvgIpc) is 3.10. The van der Waals surface area contributed by atoms with Crippen molar-refractivity contribution in [3.8, 4) is 23.0 Å². The van der Waals surface area contributed by atoms with Gasteiger partial charge in [0.2, 0.25) is 0 Å². The fourth-order valence-electron chi connectivity index (χ4n) is 3.02. The average molecular weight is 478 g/mol. The lowest BCUT2D eigenvalue weighted by Gasteiger charge is -2.33. The van der Waals surface area contributed by atoms with Gasteiger partial charge >= 0.3 is 16.6 Å². The summed E-state index contributed by atoms with van der Waals surface area (Å²) in [5, 5.41) is -3.84. The lowest BCUT2D eigenvalue weighted by molar-refractivity contribution is -0.303. The molecule has 0 saturated heterocycles. The zero-order valence-electron chi connectivity index (χ0n) is 16.3. The molecule has 1 aliphatic rings. The van der Waals surface area contributed by atoms with Crippen molar-refractivity contribution in [3.63, 3.8) is 0 Å². The summed E-state index contributed by atoms with van der Waals surface area (Å²) in [5.41, 5.74) is 1.52. The normalized spacial score (nSPS) is 20.5. The summed E-state index contributed by atoms with van der Waals surface area (Å²) >= 11 is 3.36. The number of pyridine rings is 1. The molecule has 1 N–H and O–H groups in total. The molecule has 4 rings (SSSR count). The number of ether oxygens (including phenoxy) is 4. The van der Waals surface area contributed by atoms with Gasteiger partial charge in [-0.1, -0.05) is 0 Å². The molecule has 0 amide bonds. The van der Waals surface area contributed by atoms with Gasteiger partial charge in [-0.2, -0.15) is 18.2 Å². The number of alkyl halides is 4. The summed E-state index contributed by atoms with van der Waals surface area (Å²) in [5.74, 6) is -0.0781. The molecule has 1 aromatic carbocycles. The molecule has 0 saturated carbocycles. The molecule has 2 aromatic heterocycles. The third-order valence-electron chi connectivity index (χ3n) is 4.47. The first-order chi connectivity index (χ1) is 14.6. The first kappa shape index (κ1) is 21.7. The van der Waals surface area contributed by atoms with E-state index in [1.807, 2.05) is 0 Å². The van der Waals surface area contributed by atoms with Crippen LogP contribution in [0.1, 0.15) is 11.3 Å². The molecule has 2 unspecified atom stereocenters. The number of H-pyrrole nitrogens is 1. The number of benzene rings is 1. The molecule has 0 fully saturated rings. The number of aromatic amines is 1. The highest BCUT2D eigenvalue weighted by atomic mass is 35.5. The number of methoxy groups -OCH3 is 2. The van der Waals surface area contributed by atoms with Crippen LogP contribution in [-0.4, -0.2) is 45.1 Å².